The van der Waals surface area contributed by atoms with Crippen LogP contribution < -0.4 is 9.64 Å². The van der Waals surface area contributed by atoms with Gasteiger partial charge in [0.25, 0.3) is 5.69 Å². The Kier molecular flexibility index (Phi) is 9.35. The molecule has 0 unspecified atom stereocenters. The lowest BCUT2D eigenvalue weighted by atomic mass is 9.92. The molecule has 1 aliphatic carbocycles. The van der Waals surface area contributed by atoms with Gasteiger partial charge in [0.05, 0.1) is 10.6 Å². The van der Waals surface area contributed by atoms with Crippen molar-refractivity contribution in [2.45, 2.75) is 77.4 Å². The van der Waals surface area contributed by atoms with Crippen molar-refractivity contribution in [1.29, 1.82) is 0 Å². The van der Waals surface area contributed by atoms with Crippen LogP contribution in [0.25, 0.3) is 0 Å². The summed E-state index contributed by atoms with van der Waals surface area (Å²) in [6.07, 6.45) is 6.40. The lowest BCUT2D eigenvalue weighted by molar-refractivity contribution is -0.385. The number of nitrogens with zero attached hydrogens (tertiary/aromatic N) is 2. The summed E-state index contributed by atoms with van der Waals surface area (Å²) in [5.41, 5.74) is 2.45. The number of nitro groups is 1. The van der Waals surface area contributed by atoms with E-state index in [-0.39, 0.29) is 35.3 Å². The molecule has 0 aliphatic heterocycles. The second-order valence-electron chi connectivity index (χ2n) is 9.79. The minimum absolute atomic E-state index is 0.0584. The first-order valence-electron chi connectivity index (χ1n) is 13.6. The zero-order chi connectivity index (χ0) is 26.9. The Morgan fingerprint density at radius 1 is 0.947 bits per heavy atom. The molecule has 0 heterocycles. The van der Waals surface area contributed by atoms with Crippen LogP contribution in [0.4, 0.5) is 16.2 Å². The third-order valence-corrected chi connectivity index (χ3v) is 7.29. The van der Waals surface area contributed by atoms with E-state index in [0.29, 0.717) is 17.1 Å². The molecule has 0 aromatic heterocycles. The van der Waals surface area contributed by atoms with E-state index in [1.807, 2.05) is 68.4 Å². The Morgan fingerprint density at radius 2 is 1.66 bits per heavy atom. The van der Waals surface area contributed by atoms with Crippen molar-refractivity contribution < 1.29 is 19.2 Å². The number of benzene rings is 3. The topological polar surface area (TPSA) is 81.9 Å². The molecule has 0 radical (unpaired) electrons. The van der Waals surface area contributed by atoms with Crippen LogP contribution >= 0.6 is 0 Å². The third kappa shape index (κ3) is 6.71. The summed E-state index contributed by atoms with van der Waals surface area (Å²) in [5.74, 6) is 1.17. The third-order valence-electron chi connectivity index (χ3n) is 7.29. The molecule has 0 N–H and O–H groups in total. The Hall–Kier alpha value is -3.87. The molecule has 1 amide bonds. The van der Waals surface area contributed by atoms with Gasteiger partial charge in [0, 0.05) is 23.7 Å². The van der Waals surface area contributed by atoms with Crippen LogP contribution in [-0.2, 0) is 11.3 Å². The van der Waals surface area contributed by atoms with E-state index in [1.54, 1.807) is 17.0 Å². The molecule has 1 aliphatic rings. The van der Waals surface area contributed by atoms with Gasteiger partial charge in [-0.15, -0.1) is 0 Å². The van der Waals surface area contributed by atoms with Gasteiger partial charge in [-0.1, -0.05) is 69.5 Å². The molecule has 4 rings (SSSR count). The lowest BCUT2D eigenvalue weighted by Gasteiger charge is -2.33. The van der Waals surface area contributed by atoms with Gasteiger partial charge in [-0.3, -0.25) is 15.0 Å². The van der Waals surface area contributed by atoms with Gasteiger partial charge in [0.2, 0.25) is 0 Å². The minimum atomic E-state index is -0.371. The quantitative estimate of drug-likeness (QED) is 0.199. The van der Waals surface area contributed by atoms with Crippen molar-refractivity contribution in [3.8, 4) is 11.5 Å². The van der Waals surface area contributed by atoms with Gasteiger partial charge in [-0.05, 0) is 61.4 Å². The highest BCUT2D eigenvalue weighted by Crippen LogP contribution is 2.37. The van der Waals surface area contributed by atoms with E-state index >= 15 is 0 Å². The Balaban J connectivity index is 1.58. The molecule has 3 aromatic rings. The maximum Gasteiger partial charge on any atom is 0.414 e. The minimum Gasteiger partial charge on any atom is -0.457 e. The van der Waals surface area contributed by atoms with E-state index in [9.17, 15) is 14.9 Å². The molecule has 38 heavy (non-hydrogen) atoms. The van der Waals surface area contributed by atoms with Gasteiger partial charge in [-0.25, -0.2) is 4.79 Å². The van der Waals surface area contributed by atoms with Crippen molar-refractivity contribution in [3.63, 3.8) is 0 Å². The van der Waals surface area contributed by atoms with Crippen LogP contribution in [0.1, 0.15) is 75.8 Å². The molecular formula is C31H36N2O5. The smallest absolute Gasteiger partial charge is 0.414 e. The predicted octanol–water partition coefficient (Wildman–Crippen LogP) is 8.77. The largest absolute Gasteiger partial charge is 0.457 e. The van der Waals surface area contributed by atoms with Crippen LogP contribution in [0.15, 0.2) is 72.8 Å². The fourth-order valence-corrected chi connectivity index (χ4v) is 5.24. The summed E-state index contributed by atoms with van der Waals surface area (Å²) in [6.45, 7) is 4.28. The highest BCUT2D eigenvalue weighted by Gasteiger charge is 2.29. The fourth-order valence-electron chi connectivity index (χ4n) is 5.24. The van der Waals surface area contributed by atoms with Crippen LogP contribution in [0.3, 0.4) is 0 Å². The fraction of sp³-hybridized carbons (Fsp3) is 0.387. The number of nitro benzene ring substituents is 1. The van der Waals surface area contributed by atoms with Gasteiger partial charge >= 0.3 is 6.09 Å². The maximum atomic E-state index is 13.4. The summed E-state index contributed by atoms with van der Waals surface area (Å²) in [6, 6.07) is 22.1. The zero-order valence-corrected chi connectivity index (χ0v) is 22.2. The van der Waals surface area contributed by atoms with Gasteiger partial charge in [0.1, 0.15) is 18.1 Å². The number of anilines is 1. The van der Waals surface area contributed by atoms with Crippen molar-refractivity contribution in [3.05, 3.63) is 94.0 Å². The highest BCUT2D eigenvalue weighted by molar-refractivity contribution is 5.88. The van der Waals surface area contributed by atoms with Crippen molar-refractivity contribution in [2.24, 2.45) is 0 Å². The Bertz CT molecular complexity index is 1220. The Labute approximate surface area is 224 Å². The molecule has 0 atom stereocenters. The van der Waals surface area contributed by atoms with E-state index < -0.39 is 0 Å². The van der Waals surface area contributed by atoms with Crippen molar-refractivity contribution in [1.82, 2.24) is 0 Å². The molecule has 0 saturated heterocycles. The van der Waals surface area contributed by atoms with Crippen LogP contribution in [0.5, 0.6) is 11.5 Å². The van der Waals surface area contributed by atoms with Crippen molar-refractivity contribution >= 4 is 17.5 Å². The van der Waals surface area contributed by atoms with E-state index in [2.05, 4.69) is 0 Å². The Morgan fingerprint density at radius 3 is 2.34 bits per heavy atom. The monoisotopic (exact) mass is 516 g/mol. The molecule has 3 aromatic carbocycles. The SMILES string of the molecule is CCC(CC)c1cc(Oc2cccc(N(C(=O)OCc3ccccc3)C3CCCCC3)c2)ccc1[N+](=O)[O-]. The van der Waals surface area contributed by atoms with Crippen LogP contribution in [0, 0.1) is 10.1 Å². The average Bonchev–Trinajstić information content (AvgIpc) is 2.94. The summed E-state index contributed by atoms with van der Waals surface area (Å²) in [5, 5.41) is 11.6. The van der Waals surface area contributed by atoms with E-state index in [0.717, 1.165) is 49.8 Å². The standard InChI is InChI=1S/C31H36N2O5/c1-3-24(4-2)29-21-28(18-19-30(29)33(35)36)38-27-17-11-16-26(20-27)32(25-14-9-6-10-15-25)31(34)37-22-23-12-7-5-8-13-23/h5,7-8,11-13,16-21,24-25H,3-4,6,9-10,14-15,22H2,1-2H3. The summed E-state index contributed by atoms with van der Waals surface area (Å²) in [4.78, 5) is 26.4. The summed E-state index contributed by atoms with van der Waals surface area (Å²) < 4.78 is 11.9. The molecule has 200 valence electrons. The van der Waals surface area contributed by atoms with Crippen molar-refractivity contribution in [2.75, 3.05) is 4.90 Å². The number of carbonyl (C=O) groups is 1. The molecular weight excluding hydrogens is 480 g/mol. The second kappa shape index (κ2) is 13.1. The maximum absolute atomic E-state index is 13.4. The van der Waals surface area contributed by atoms with Gasteiger partial charge in [-0.2, -0.15) is 0 Å². The van der Waals surface area contributed by atoms with Gasteiger partial charge in [0.15, 0.2) is 0 Å². The number of rotatable bonds is 10. The molecule has 0 bridgehead atoms. The number of hydrogen-bond acceptors (Lipinski definition) is 5. The molecule has 7 heteroatoms. The van der Waals surface area contributed by atoms with E-state index in [4.69, 9.17) is 9.47 Å². The predicted molar refractivity (Wildman–Crippen MR) is 149 cm³/mol. The molecule has 7 nitrogen and oxygen atoms in total. The van der Waals surface area contributed by atoms with Gasteiger partial charge < -0.3 is 9.47 Å². The highest BCUT2D eigenvalue weighted by atomic mass is 16.6. The van der Waals surface area contributed by atoms with Crippen LogP contribution in [0.2, 0.25) is 0 Å². The summed E-state index contributed by atoms with van der Waals surface area (Å²) in [7, 11) is 0. The molecule has 1 saturated carbocycles. The number of carbonyl (C=O) groups excluding carboxylic acids is 1. The normalized spacial score (nSPS) is 13.8. The number of hydrogen-bond donors (Lipinski definition) is 0. The zero-order valence-electron chi connectivity index (χ0n) is 22.2. The van der Waals surface area contributed by atoms with Crippen LogP contribution in [-0.4, -0.2) is 17.1 Å². The first-order valence-corrected chi connectivity index (χ1v) is 13.6. The summed E-state index contributed by atoms with van der Waals surface area (Å²) >= 11 is 0. The number of amides is 1. The first kappa shape index (κ1) is 27.2. The van der Waals surface area contributed by atoms with E-state index in [1.165, 1.54) is 12.5 Å². The first-order chi connectivity index (χ1) is 18.5. The average molecular weight is 517 g/mol. The second-order valence-corrected chi connectivity index (χ2v) is 9.79. The molecule has 0 spiro atoms. The number of ether oxygens (including phenoxy) is 2. The lowest BCUT2D eigenvalue weighted by Crippen LogP contribution is -2.42. The molecule has 1 fully saturated rings.